The van der Waals surface area contributed by atoms with Gasteiger partial charge in [-0.15, -0.1) is 0 Å². The number of primary amides is 1. The number of rotatable bonds is 5. The maximum Gasteiger partial charge on any atom is 0.293 e. The highest BCUT2D eigenvalue weighted by Gasteiger charge is 2.25. The maximum absolute atomic E-state index is 10.9. The number of nitro groups is 1. The molecule has 1 aliphatic rings. The first-order valence-electron chi connectivity index (χ1n) is 5.67. The fraction of sp³-hybridized carbons (Fsp3) is 0.273. The molecule has 1 amide bonds. The molecule has 0 bridgehead atoms. The quantitative estimate of drug-likeness (QED) is 0.627. The van der Waals surface area contributed by atoms with Gasteiger partial charge in [-0.05, 0) is 12.1 Å². The average molecular weight is 299 g/mol. The number of halogens is 1. The third kappa shape index (κ3) is 3.15. The van der Waals surface area contributed by atoms with Crippen molar-refractivity contribution in [3.63, 3.8) is 0 Å². The summed E-state index contributed by atoms with van der Waals surface area (Å²) in [7, 11) is 0. The molecule has 0 radical (unpaired) electrons. The third-order valence-corrected chi connectivity index (χ3v) is 2.93. The van der Waals surface area contributed by atoms with Gasteiger partial charge >= 0.3 is 0 Å². The highest BCUT2D eigenvalue weighted by molar-refractivity contribution is 6.38. The van der Waals surface area contributed by atoms with E-state index in [2.05, 4.69) is 10.5 Å². The molecule has 20 heavy (non-hydrogen) atoms. The van der Waals surface area contributed by atoms with Crippen molar-refractivity contribution in [2.75, 3.05) is 11.9 Å². The second kappa shape index (κ2) is 5.74. The van der Waals surface area contributed by atoms with Gasteiger partial charge in [-0.3, -0.25) is 14.9 Å². The summed E-state index contributed by atoms with van der Waals surface area (Å²) in [6, 6.07) is 4.30. The Balaban J connectivity index is 1.99. The molecular formula is C11H11ClN4O4. The van der Waals surface area contributed by atoms with Gasteiger partial charge in [-0.25, -0.2) is 0 Å². The molecule has 1 aromatic carbocycles. The standard InChI is InChI=1S/C11H11ClN4O4/c12-6-1-2-8(10(3-6)16(18)19)14-5-7-4-9(11(13)17)15-20-7/h1-3,7,14H,4-5H2,(H2,13,17)/t7-/m0/s1. The minimum atomic E-state index is -0.634. The molecule has 8 nitrogen and oxygen atoms in total. The summed E-state index contributed by atoms with van der Waals surface area (Å²) >= 11 is 5.72. The van der Waals surface area contributed by atoms with Gasteiger partial charge in [0.15, 0.2) is 6.10 Å². The van der Waals surface area contributed by atoms with Gasteiger partial charge in [0.1, 0.15) is 11.4 Å². The van der Waals surface area contributed by atoms with Crippen molar-refractivity contribution >= 4 is 34.6 Å². The van der Waals surface area contributed by atoms with Crippen LogP contribution in [-0.2, 0) is 9.63 Å². The molecule has 2 rings (SSSR count). The topological polar surface area (TPSA) is 120 Å². The lowest BCUT2D eigenvalue weighted by Crippen LogP contribution is -2.26. The molecule has 0 spiro atoms. The van der Waals surface area contributed by atoms with Crippen LogP contribution in [-0.4, -0.2) is 29.2 Å². The number of benzene rings is 1. The van der Waals surface area contributed by atoms with Crippen LogP contribution >= 0.6 is 11.6 Å². The molecule has 1 atom stereocenters. The van der Waals surface area contributed by atoms with Crippen molar-refractivity contribution in [2.24, 2.45) is 10.9 Å². The van der Waals surface area contributed by atoms with E-state index in [1.807, 2.05) is 0 Å². The number of nitrogens with zero attached hydrogens (tertiary/aromatic N) is 2. The number of amides is 1. The molecule has 1 aromatic rings. The van der Waals surface area contributed by atoms with E-state index in [4.69, 9.17) is 22.2 Å². The SMILES string of the molecule is NC(=O)C1=NO[C@H](CNc2ccc(Cl)cc2[N+](=O)[O-])C1. The summed E-state index contributed by atoms with van der Waals surface area (Å²) in [5, 5.41) is 17.6. The Morgan fingerprint density at radius 2 is 2.40 bits per heavy atom. The molecule has 0 aliphatic carbocycles. The van der Waals surface area contributed by atoms with Gasteiger partial charge in [0.05, 0.1) is 11.5 Å². The number of oxime groups is 1. The largest absolute Gasteiger partial charge is 0.390 e. The van der Waals surface area contributed by atoms with E-state index in [0.29, 0.717) is 5.69 Å². The van der Waals surface area contributed by atoms with Gasteiger partial charge in [-0.1, -0.05) is 16.8 Å². The Bertz CT molecular complexity index is 590. The monoisotopic (exact) mass is 298 g/mol. The second-order valence-corrected chi connectivity index (χ2v) is 4.57. The summed E-state index contributed by atoms with van der Waals surface area (Å²) < 4.78 is 0. The van der Waals surface area contributed by atoms with Gasteiger partial charge < -0.3 is 15.9 Å². The zero-order chi connectivity index (χ0) is 14.7. The summed E-state index contributed by atoms with van der Waals surface area (Å²) in [4.78, 5) is 26.3. The van der Waals surface area contributed by atoms with Crippen LogP contribution in [0.3, 0.4) is 0 Å². The Labute approximate surface area is 118 Å². The Morgan fingerprint density at radius 1 is 1.65 bits per heavy atom. The molecule has 0 aromatic heterocycles. The first-order chi connectivity index (χ1) is 9.47. The predicted octanol–water partition coefficient (Wildman–Crippen LogP) is 1.29. The van der Waals surface area contributed by atoms with Crippen molar-refractivity contribution in [1.82, 2.24) is 0 Å². The van der Waals surface area contributed by atoms with Crippen molar-refractivity contribution in [2.45, 2.75) is 12.5 Å². The molecule has 1 heterocycles. The van der Waals surface area contributed by atoms with Crippen molar-refractivity contribution in [3.05, 3.63) is 33.3 Å². The lowest BCUT2D eigenvalue weighted by molar-refractivity contribution is -0.383. The van der Waals surface area contributed by atoms with Crippen LogP contribution < -0.4 is 11.1 Å². The molecule has 3 N–H and O–H groups in total. The number of anilines is 1. The minimum Gasteiger partial charge on any atom is -0.390 e. The highest BCUT2D eigenvalue weighted by Crippen LogP contribution is 2.28. The fourth-order valence-corrected chi connectivity index (χ4v) is 1.88. The van der Waals surface area contributed by atoms with E-state index in [1.54, 1.807) is 0 Å². The number of carbonyl (C=O) groups is 1. The van der Waals surface area contributed by atoms with Crippen molar-refractivity contribution in [1.29, 1.82) is 0 Å². The number of carbonyl (C=O) groups excluding carboxylic acids is 1. The molecular weight excluding hydrogens is 288 g/mol. The van der Waals surface area contributed by atoms with Gasteiger partial charge in [0, 0.05) is 17.5 Å². The minimum absolute atomic E-state index is 0.133. The van der Waals surface area contributed by atoms with Crippen LogP contribution in [0.15, 0.2) is 23.4 Å². The smallest absolute Gasteiger partial charge is 0.293 e. The second-order valence-electron chi connectivity index (χ2n) is 4.13. The van der Waals surface area contributed by atoms with E-state index in [9.17, 15) is 14.9 Å². The van der Waals surface area contributed by atoms with Crippen LogP contribution in [0.4, 0.5) is 11.4 Å². The van der Waals surface area contributed by atoms with Gasteiger partial charge in [0.2, 0.25) is 0 Å². The predicted molar refractivity (Wildman–Crippen MR) is 72.7 cm³/mol. The molecule has 0 unspecified atom stereocenters. The van der Waals surface area contributed by atoms with E-state index in [0.717, 1.165) is 0 Å². The lowest BCUT2D eigenvalue weighted by Gasteiger charge is -2.11. The fourth-order valence-electron chi connectivity index (χ4n) is 1.71. The molecule has 9 heteroatoms. The molecule has 0 saturated carbocycles. The molecule has 0 saturated heterocycles. The van der Waals surface area contributed by atoms with Crippen molar-refractivity contribution < 1.29 is 14.6 Å². The van der Waals surface area contributed by atoms with E-state index in [-0.39, 0.29) is 29.4 Å². The van der Waals surface area contributed by atoms with E-state index >= 15 is 0 Å². The van der Waals surface area contributed by atoms with Crippen LogP contribution in [0, 0.1) is 10.1 Å². The Morgan fingerprint density at radius 3 is 3.00 bits per heavy atom. The number of nitrogens with two attached hydrogens (primary N) is 1. The third-order valence-electron chi connectivity index (χ3n) is 2.69. The first-order valence-corrected chi connectivity index (χ1v) is 6.05. The zero-order valence-electron chi connectivity index (χ0n) is 10.2. The van der Waals surface area contributed by atoms with Gasteiger partial charge in [0.25, 0.3) is 11.6 Å². The van der Waals surface area contributed by atoms with E-state index in [1.165, 1.54) is 18.2 Å². The first kappa shape index (κ1) is 14.1. The Kier molecular flexibility index (Phi) is 4.04. The summed E-state index contributed by atoms with van der Waals surface area (Å²) in [6.45, 7) is 0.253. The van der Waals surface area contributed by atoms with Crippen LogP contribution in [0.1, 0.15) is 6.42 Å². The molecule has 106 valence electrons. The number of hydrogen-bond donors (Lipinski definition) is 2. The Hall–Kier alpha value is -2.35. The summed E-state index contributed by atoms with van der Waals surface area (Å²) in [6.07, 6.45) is -0.128. The molecule has 0 fully saturated rings. The highest BCUT2D eigenvalue weighted by atomic mass is 35.5. The van der Waals surface area contributed by atoms with E-state index < -0.39 is 16.9 Å². The van der Waals surface area contributed by atoms with Crippen LogP contribution in [0.5, 0.6) is 0 Å². The average Bonchev–Trinajstić information content (AvgIpc) is 2.86. The normalized spacial score (nSPS) is 17.2. The number of nitrogens with one attached hydrogen (secondary N) is 1. The van der Waals surface area contributed by atoms with Crippen molar-refractivity contribution in [3.8, 4) is 0 Å². The van der Waals surface area contributed by atoms with Gasteiger partial charge in [-0.2, -0.15) is 0 Å². The number of nitro benzene ring substituents is 1. The van der Waals surface area contributed by atoms with Crippen LogP contribution in [0.2, 0.25) is 5.02 Å². The summed E-state index contributed by atoms with van der Waals surface area (Å²) in [5.41, 5.74) is 5.41. The lowest BCUT2D eigenvalue weighted by atomic mass is 10.1. The molecule has 1 aliphatic heterocycles. The number of hydrogen-bond acceptors (Lipinski definition) is 6. The summed E-state index contributed by atoms with van der Waals surface area (Å²) in [5.74, 6) is -0.634. The zero-order valence-corrected chi connectivity index (χ0v) is 11.0. The maximum atomic E-state index is 10.9. The van der Waals surface area contributed by atoms with Crippen LogP contribution in [0.25, 0.3) is 0 Å².